The second-order valence-corrected chi connectivity index (χ2v) is 5.79. The van der Waals surface area contributed by atoms with Crippen LogP contribution in [-0.2, 0) is 0 Å². The Labute approximate surface area is 144 Å². The average Bonchev–Trinajstić information content (AvgIpc) is 3.11. The second-order valence-electron chi connectivity index (χ2n) is 5.79. The molecule has 0 fully saturated rings. The first-order valence-electron chi connectivity index (χ1n) is 7.89. The highest BCUT2D eigenvalue weighted by Gasteiger charge is 2.22. The van der Waals surface area contributed by atoms with E-state index >= 15 is 0 Å². The highest BCUT2D eigenvalue weighted by molar-refractivity contribution is 5.99. The summed E-state index contributed by atoms with van der Waals surface area (Å²) < 4.78 is 13.3. The van der Waals surface area contributed by atoms with Gasteiger partial charge in [0, 0.05) is 5.56 Å². The maximum Gasteiger partial charge on any atom is 0.255 e. The Hall–Kier alpha value is -2.99. The van der Waals surface area contributed by atoms with Gasteiger partial charge in [0.15, 0.2) is 0 Å². The maximum atomic E-state index is 13.3. The predicted molar refractivity (Wildman–Crippen MR) is 92.3 cm³/mol. The first kappa shape index (κ1) is 16.9. The van der Waals surface area contributed by atoms with E-state index in [0.29, 0.717) is 16.8 Å². The smallest absolute Gasteiger partial charge is 0.255 e. The van der Waals surface area contributed by atoms with Crippen molar-refractivity contribution in [3.8, 4) is 11.3 Å². The summed E-state index contributed by atoms with van der Waals surface area (Å²) in [6.07, 6.45) is 0.422. The number of aromatic nitrogens is 2. The largest absolute Gasteiger partial charge is 0.386 e. The number of hydrogen-bond donors (Lipinski definition) is 3. The molecule has 128 valence electrons. The van der Waals surface area contributed by atoms with Crippen LogP contribution in [0.3, 0.4) is 0 Å². The number of aliphatic hydroxyl groups excluding tert-OH is 1. The van der Waals surface area contributed by atoms with Crippen molar-refractivity contribution in [1.82, 2.24) is 15.5 Å². The van der Waals surface area contributed by atoms with Crippen molar-refractivity contribution in [3.05, 3.63) is 77.7 Å². The molecule has 1 heterocycles. The van der Waals surface area contributed by atoms with E-state index in [4.69, 9.17) is 0 Å². The molecule has 6 heteroatoms. The van der Waals surface area contributed by atoms with Crippen molar-refractivity contribution in [2.45, 2.75) is 19.1 Å². The van der Waals surface area contributed by atoms with E-state index in [1.165, 1.54) is 24.4 Å². The Morgan fingerprint density at radius 3 is 2.68 bits per heavy atom. The maximum absolute atomic E-state index is 13.3. The van der Waals surface area contributed by atoms with Crippen molar-refractivity contribution in [1.29, 1.82) is 0 Å². The van der Waals surface area contributed by atoms with Crippen LogP contribution in [0.5, 0.6) is 0 Å². The molecule has 2 aromatic carbocycles. The van der Waals surface area contributed by atoms with Crippen LogP contribution in [-0.4, -0.2) is 27.3 Å². The Bertz CT molecular complexity index is 864. The number of aliphatic hydroxyl groups is 1. The zero-order valence-corrected chi connectivity index (χ0v) is 13.6. The van der Waals surface area contributed by atoms with E-state index in [0.717, 1.165) is 5.56 Å². The van der Waals surface area contributed by atoms with Crippen molar-refractivity contribution < 1.29 is 14.3 Å². The fraction of sp³-hybridized carbons (Fsp3) is 0.158. The Kier molecular flexibility index (Phi) is 4.90. The van der Waals surface area contributed by atoms with Crippen LogP contribution in [0.4, 0.5) is 4.39 Å². The van der Waals surface area contributed by atoms with Gasteiger partial charge in [-0.3, -0.25) is 9.89 Å². The molecule has 2 unspecified atom stereocenters. The fourth-order valence-electron chi connectivity index (χ4n) is 2.63. The Balaban J connectivity index is 1.76. The zero-order valence-electron chi connectivity index (χ0n) is 13.6. The summed E-state index contributed by atoms with van der Waals surface area (Å²) in [5, 5.41) is 19.8. The summed E-state index contributed by atoms with van der Waals surface area (Å²) in [5.74, 6) is -0.799. The van der Waals surface area contributed by atoms with Crippen molar-refractivity contribution in [2.75, 3.05) is 0 Å². The third-order valence-corrected chi connectivity index (χ3v) is 3.97. The molecule has 3 aromatic rings. The minimum Gasteiger partial charge on any atom is -0.386 e. The van der Waals surface area contributed by atoms with Crippen LogP contribution in [0.2, 0.25) is 0 Å². The standard InChI is InChI=1S/C19H18FN3O2/c1-12(18(24)14-8-5-9-15(20)10-14)22-19(25)16-11-21-23-17(16)13-6-3-2-4-7-13/h2-12,18,24H,1H3,(H,21,23)(H,22,25). The molecular weight excluding hydrogens is 321 g/mol. The van der Waals surface area contributed by atoms with Gasteiger partial charge < -0.3 is 10.4 Å². The second kappa shape index (κ2) is 7.27. The lowest BCUT2D eigenvalue weighted by Crippen LogP contribution is -2.37. The first-order chi connectivity index (χ1) is 12.1. The molecule has 0 saturated carbocycles. The quantitative estimate of drug-likeness (QED) is 0.668. The topological polar surface area (TPSA) is 78.0 Å². The van der Waals surface area contributed by atoms with Crippen LogP contribution in [0.1, 0.15) is 28.9 Å². The number of rotatable bonds is 5. The number of benzene rings is 2. The zero-order chi connectivity index (χ0) is 17.8. The first-order valence-corrected chi connectivity index (χ1v) is 7.89. The number of aromatic amines is 1. The molecule has 0 bridgehead atoms. The van der Waals surface area contributed by atoms with Crippen molar-refractivity contribution in [2.24, 2.45) is 0 Å². The van der Waals surface area contributed by atoms with Gasteiger partial charge in [0.25, 0.3) is 5.91 Å². The van der Waals surface area contributed by atoms with Crippen LogP contribution in [0, 0.1) is 5.82 Å². The van der Waals surface area contributed by atoms with Crippen molar-refractivity contribution in [3.63, 3.8) is 0 Å². The van der Waals surface area contributed by atoms with Crippen LogP contribution in [0.15, 0.2) is 60.8 Å². The van der Waals surface area contributed by atoms with Crippen LogP contribution >= 0.6 is 0 Å². The number of H-pyrrole nitrogens is 1. The molecule has 3 rings (SSSR count). The number of nitrogens with one attached hydrogen (secondary N) is 2. The normalized spacial score (nSPS) is 13.2. The minimum atomic E-state index is -1.02. The highest BCUT2D eigenvalue weighted by atomic mass is 19.1. The van der Waals surface area contributed by atoms with Gasteiger partial charge in [-0.1, -0.05) is 42.5 Å². The summed E-state index contributed by atoms with van der Waals surface area (Å²) >= 11 is 0. The number of nitrogens with zero attached hydrogens (tertiary/aromatic N) is 1. The molecule has 2 atom stereocenters. The molecule has 0 spiro atoms. The van der Waals surface area contributed by atoms with E-state index in [9.17, 15) is 14.3 Å². The van der Waals surface area contributed by atoms with Gasteiger partial charge >= 0.3 is 0 Å². The predicted octanol–water partition coefficient (Wildman–Crippen LogP) is 3.07. The molecule has 1 aromatic heterocycles. The van der Waals surface area contributed by atoms with Gasteiger partial charge in [0.2, 0.25) is 0 Å². The fourth-order valence-corrected chi connectivity index (χ4v) is 2.63. The third-order valence-electron chi connectivity index (χ3n) is 3.97. The molecule has 0 aliphatic carbocycles. The van der Waals surface area contributed by atoms with Gasteiger partial charge in [-0.15, -0.1) is 0 Å². The van der Waals surface area contributed by atoms with E-state index in [1.807, 2.05) is 30.3 Å². The lowest BCUT2D eigenvalue weighted by molar-refractivity contribution is 0.0852. The molecule has 0 aliphatic rings. The van der Waals surface area contributed by atoms with Gasteiger partial charge in [-0.25, -0.2) is 4.39 Å². The molecule has 0 aliphatic heterocycles. The Morgan fingerprint density at radius 1 is 1.20 bits per heavy atom. The monoisotopic (exact) mass is 339 g/mol. The molecule has 5 nitrogen and oxygen atoms in total. The van der Waals surface area contributed by atoms with Gasteiger partial charge in [0.05, 0.1) is 29.6 Å². The number of amides is 1. The van der Waals surface area contributed by atoms with Crippen LogP contribution in [0.25, 0.3) is 11.3 Å². The molecular formula is C19H18FN3O2. The number of carbonyl (C=O) groups excluding carboxylic acids is 1. The lowest BCUT2D eigenvalue weighted by atomic mass is 10.0. The van der Waals surface area contributed by atoms with E-state index in [-0.39, 0.29) is 5.91 Å². The Morgan fingerprint density at radius 2 is 1.96 bits per heavy atom. The lowest BCUT2D eigenvalue weighted by Gasteiger charge is -2.20. The average molecular weight is 339 g/mol. The van der Waals surface area contributed by atoms with Crippen molar-refractivity contribution >= 4 is 5.91 Å². The minimum absolute atomic E-state index is 0.365. The molecule has 0 radical (unpaired) electrons. The van der Waals surface area contributed by atoms with E-state index in [1.54, 1.807) is 13.0 Å². The highest BCUT2D eigenvalue weighted by Crippen LogP contribution is 2.22. The molecule has 0 saturated heterocycles. The number of halogens is 1. The number of hydrogen-bond acceptors (Lipinski definition) is 3. The summed E-state index contributed by atoms with van der Waals surface area (Å²) in [7, 11) is 0. The molecule has 25 heavy (non-hydrogen) atoms. The third kappa shape index (κ3) is 3.75. The van der Waals surface area contributed by atoms with Gasteiger partial charge in [-0.2, -0.15) is 5.10 Å². The molecule has 3 N–H and O–H groups in total. The van der Waals surface area contributed by atoms with E-state index in [2.05, 4.69) is 15.5 Å². The van der Waals surface area contributed by atoms with Gasteiger partial charge in [0.1, 0.15) is 5.82 Å². The van der Waals surface area contributed by atoms with E-state index < -0.39 is 18.0 Å². The van der Waals surface area contributed by atoms with Crippen LogP contribution < -0.4 is 5.32 Å². The SMILES string of the molecule is CC(NC(=O)c1cn[nH]c1-c1ccccc1)C(O)c1cccc(F)c1. The summed E-state index contributed by atoms with van der Waals surface area (Å²) in [5.41, 5.74) is 2.22. The van der Waals surface area contributed by atoms with Gasteiger partial charge in [-0.05, 0) is 24.6 Å². The summed E-state index contributed by atoms with van der Waals surface area (Å²) in [6, 6.07) is 14.4. The summed E-state index contributed by atoms with van der Waals surface area (Å²) in [4.78, 5) is 12.6. The number of carbonyl (C=O) groups is 1. The summed E-state index contributed by atoms with van der Waals surface area (Å²) in [6.45, 7) is 1.66. The molecule has 1 amide bonds.